The first kappa shape index (κ1) is 9.03. The quantitative estimate of drug-likeness (QED) is 0.324. The zero-order valence-electron chi connectivity index (χ0n) is 6.38. The number of nitrogens with two attached hydrogens (primary N) is 1. The summed E-state index contributed by atoms with van der Waals surface area (Å²) in [5.41, 5.74) is 4.67. The lowest BCUT2D eigenvalue weighted by Gasteiger charge is -2.05. The van der Waals surface area contributed by atoms with Crippen molar-refractivity contribution in [1.82, 2.24) is 0 Å². The summed E-state index contributed by atoms with van der Waals surface area (Å²) in [4.78, 5) is 10.4. The predicted octanol–water partition coefficient (Wildman–Crippen LogP) is 1.52. The summed E-state index contributed by atoms with van der Waals surface area (Å²) >= 11 is 5.63. The largest absolute Gasteiger partial charge is 0.324 e. The van der Waals surface area contributed by atoms with Crippen LogP contribution in [0.5, 0.6) is 0 Å². The summed E-state index contributed by atoms with van der Waals surface area (Å²) in [6.45, 7) is 0. The minimum absolute atomic E-state index is 0.335. The number of hydrogen-bond donors (Lipinski definition) is 2. The third kappa shape index (κ3) is 1.75. The van der Waals surface area contributed by atoms with Crippen molar-refractivity contribution in [2.24, 2.45) is 5.84 Å². The number of halogens is 1. The topological polar surface area (TPSA) is 55.1 Å². The van der Waals surface area contributed by atoms with E-state index in [-0.39, 0.29) is 0 Å². The van der Waals surface area contributed by atoms with E-state index in [2.05, 4.69) is 5.43 Å². The highest BCUT2D eigenvalue weighted by Gasteiger charge is 2.00. The van der Waals surface area contributed by atoms with Gasteiger partial charge >= 0.3 is 0 Å². The molecular formula is C8H9ClN2O. The maximum atomic E-state index is 10.4. The lowest BCUT2D eigenvalue weighted by Crippen LogP contribution is -2.08. The maximum Gasteiger partial charge on any atom is 0.150 e. The van der Waals surface area contributed by atoms with Crippen LogP contribution in [0.2, 0.25) is 0 Å². The molecule has 0 aromatic heterocycles. The van der Waals surface area contributed by atoms with Crippen molar-refractivity contribution in [3.8, 4) is 0 Å². The first-order chi connectivity index (χ1) is 5.81. The smallest absolute Gasteiger partial charge is 0.150 e. The van der Waals surface area contributed by atoms with Crippen LogP contribution in [0.1, 0.15) is 15.9 Å². The molecule has 1 aromatic rings. The number of alkyl halides is 1. The van der Waals surface area contributed by atoms with Gasteiger partial charge in [-0.15, -0.1) is 11.6 Å². The third-order valence-corrected chi connectivity index (χ3v) is 1.85. The number of rotatable bonds is 3. The molecule has 0 saturated heterocycles. The Balaban J connectivity index is 3.10. The number of hydrogen-bond acceptors (Lipinski definition) is 3. The van der Waals surface area contributed by atoms with Crippen LogP contribution in [0.15, 0.2) is 18.2 Å². The molecule has 64 valence electrons. The van der Waals surface area contributed by atoms with Crippen LogP contribution in [-0.2, 0) is 5.88 Å². The number of benzene rings is 1. The second-order valence-electron chi connectivity index (χ2n) is 2.31. The van der Waals surface area contributed by atoms with Crippen LogP contribution in [0.3, 0.4) is 0 Å². The summed E-state index contributed by atoms with van der Waals surface area (Å²) in [5.74, 6) is 5.56. The molecule has 0 amide bonds. The van der Waals surface area contributed by atoms with Crippen LogP contribution in [0.25, 0.3) is 0 Å². The van der Waals surface area contributed by atoms with Crippen molar-refractivity contribution in [1.29, 1.82) is 0 Å². The summed E-state index contributed by atoms with van der Waals surface area (Å²) < 4.78 is 0. The molecule has 3 N–H and O–H groups in total. The molecule has 1 aromatic carbocycles. The molecule has 0 aliphatic carbocycles. The monoisotopic (exact) mass is 184 g/mol. The number of nitrogen functional groups attached to an aromatic ring is 1. The highest BCUT2D eigenvalue weighted by Crippen LogP contribution is 2.17. The Labute approximate surface area is 75.5 Å². The first-order valence-electron chi connectivity index (χ1n) is 3.42. The zero-order chi connectivity index (χ0) is 8.97. The Morgan fingerprint density at radius 1 is 1.58 bits per heavy atom. The van der Waals surface area contributed by atoms with E-state index in [1.165, 1.54) is 0 Å². The van der Waals surface area contributed by atoms with Gasteiger partial charge in [0.05, 0.1) is 5.69 Å². The van der Waals surface area contributed by atoms with Crippen molar-refractivity contribution in [2.45, 2.75) is 5.88 Å². The highest BCUT2D eigenvalue weighted by atomic mass is 35.5. The molecule has 0 spiro atoms. The molecule has 0 fully saturated rings. The van der Waals surface area contributed by atoms with Gasteiger partial charge in [0.1, 0.15) is 6.29 Å². The molecule has 3 nitrogen and oxygen atoms in total. The standard InChI is InChI=1S/C8H9ClN2O/c9-4-7-3-6(5-12)1-2-8(7)11-10/h1-3,5,11H,4,10H2. The summed E-state index contributed by atoms with van der Waals surface area (Å²) in [6.07, 6.45) is 0.774. The van der Waals surface area contributed by atoms with Gasteiger partial charge in [0.15, 0.2) is 0 Å². The summed E-state index contributed by atoms with van der Waals surface area (Å²) in [7, 11) is 0. The number of aldehydes is 1. The minimum atomic E-state index is 0.335. The number of carbonyl (C=O) groups is 1. The SMILES string of the molecule is NNc1ccc(C=O)cc1CCl. The van der Waals surface area contributed by atoms with E-state index in [0.717, 1.165) is 17.5 Å². The van der Waals surface area contributed by atoms with Crippen molar-refractivity contribution in [2.75, 3.05) is 5.43 Å². The lowest BCUT2D eigenvalue weighted by atomic mass is 10.1. The number of anilines is 1. The normalized spacial score (nSPS) is 9.50. The molecule has 0 unspecified atom stereocenters. The van der Waals surface area contributed by atoms with E-state index < -0.39 is 0 Å². The van der Waals surface area contributed by atoms with Gasteiger partial charge < -0.3 is 5.43 Å². The second kappa shape index (κ2) is 4.09. The van der Waals surface area contributed by atoms with Crippen LogP contribution in [0, 0.1) is 0 Å². The lowest BCUT2D eigenvalue weighted by molar-refractivity contribution is 0.112. The van der Waals surface area contributed by atoms with Crippen LogP contribution < -0.4 is 11.3 Å². The van der Waals surface area contributed by atoms with Gasteiger partial charge in [-0.05, 0) is 23.8 Å². The van der Waals surface area contributed by atoms with Crippen molar-refractivity contribution in [3.05, 3.63) is 29.3 Å². The van der Waals surface area contributed by atoms with Crippen LogP contribution in [-0.4, -0.2) is 6.29 Å². The van der Waals surface area contributed by atoms with Crippen molar-refractivity contribution >= 4 is 23.6 Å². The summed E-state index contributed by atoms with van der Waals surface area (Å²) in [6, 6.07) is 5.11. The Morgan fingerprint density at radius 3 is 2.83 bits per heavy atom. The fourth-order valence-electron chi connectivity index (χ4n) is 0.938. The molecule has 1 rings (SSSR count). The zero-order valence-corrected chi connectivity index (χ0v) is 7.14. The van der Waals surface area contributed by atoms with Crippen molar-refractivity contribution in [3.63, 3.8) is 0 Å². The van der Waals surface area contributed by atoms with E-state index >= 15 is 0 Å². The van der Waals surface area contributed by atoms with Gasteiger partial charge in [0.2, 0.25) is 0 Å². The van der Waals surface area contributed by atoms with Gasteiger partial charge in [0.25, 0.3) is 0 Å². The molecule has 0 bridgehead atoms. The number of carbonyl (C=O) groups excluding carboxylic acids is 1. The van der Waals surface area contributed by atoms with E-state index in [9.17, 15) is 4.79 Å². The predicted molar refractivity (Wildman–Crippen MR) is 49.2 cm³/mol. The van der Waals surface area contributed by atoms with Gasteiger partial charge in [-0.2, -0.15) is 0 Å². The van der Waals surface area contributed by atoms with Gasteiger partial charge in [0, 0.05) is 11.4 Å². The van der Waals surface area contributed by atoms with E-state index in [1.54, 1.807) is 18.2 Å². The van der Waals surface area contributed by atoms with Crippen LogP contribution in [0.4, 0.5) is 5.69 Å². The van der Waals surface area contributed by atoms with Gasteiger partial charge in [-0.25, -0.2) is 0 Å². The molecular weight excluding hydrogens is 176 g/mol. The highest BCUT2D eigenvalue weighted by molar-refractivity contribution is 6.17. The van der Waals surface area contributed by atoms with Gasteiger partial charge in [-0.1, -0.05) is 0 Å². The Morgan fingerprint density at radius 2 is 2.33 bits per heavy atom. The number of hydrazine groups is 1. The van der Waals surface area contributed by atoms with Crippen molar-refractivity contribution < 1.29 is 4.79 Å². The Bertz CT molecular complexity index is 288. The molecule has 0 atom stereocenters. The molecule has 4 heteroatoms. The average Bonchev–Trinajstić information content (AvgIpc) is 2.16. The number of nitrogens with one attached hydrogen (secondary N) is 1. The molecule has 0 saturated carbocycles. The Hall–Kier alpha value is -1.06. The van der Waals surface area contributed by atoms with Crippen LogP contribution >= 0.6 is 11.6 Å². The average molecular weight is 185 g/mol. The van der Waals surface area contributed by atoms with E-state index in [4.69, 9.17) is 17.4 Å². The fourth-order valence-corrected chi connectivity index (χ4v) is 1.16. The minimum Gasteiger partial charge on any atom is -0.324 e. The van der Waals surface area contributed by atoms with Gasteiger partial charge in [-0.3, -0.25) is 10.6 Å². The Kier molecular flexibility index (Phi) is 3.08. The molecule has 0 heterocycles. The first-order valence-corrected chi connectivity index (χ1v) is 3.96. The third-order valence-electron chi connectivity index (χ3n) is 1.56. The molecule has 0 aliphatic rings. The molecule has 0 radical (unpaired) electrons. The maximum absolute atomic E-state index is 10.4. The van der Waals surface area contributed by atoms with E-state index in [0.29, 0.717) is 11.4 Å². The summed E-state index contributed by atoms with van der Waals surface area (Å²) in [5, 5.41) is 0. The van der Waals surface area contributed by atoms with E-state index in [1.807, 2.05) is 0 Å². The molecule has 0 aliphatic heterocycles. The molecule has 12 heavy (non-hydrogen) atoms. The second-order valence-corrected chi connectivity index (χ2v) is 2.58. The fraction of sp³-hybridized carbons (Fsp3) is 0.125.